The number of hydrogen-bond acceptors (Lipinski definition) is 3. The third-order valence-corrected chi connectivity index (χ3v) is 3.56. The molecule has 0 spiro atoms. The minimum Gasteiger partial charge on any atom is -0.494 e. The fraction of sp³-hybridized carbons (Fsp3) is 0.538. The first kappa shape index (κ1) is 12.0. The first-order valence-corrected chi connectivity index (χ1v) is 6.01. The normalized spacial score (nSPS) is 17.4. The van der Waals surface area contributed by atoms with Gasteiger partial charge >= 0.3 is 0 Å². The Morgan fingerprint density at radius 1 is 1.47 bits per heavy atom. The van der Waals surface area contributed by atoms with Gasteiger partial charge in [-0.2, -0.15) is 0 Å². The molecule has 1 aromatic rings. The summed E-state index contributed by atoms with van der Waals surface area (Å²) in [6.07, 6.45) is 3.82. The molecule has 1 aromatic carbocycles. The molecule has 0 amide bonds. The molecule has 94 valence electrons. The van der Waals surface area contributed by atoms with Crippen molar-refractivity contribution in [2.45, 2.75) is 32.2 Å². The fourth-order valence-corrected chi connectivity index (χ4v) is 2.15. The molecule has 0 heterocycles. The van der Waals surface area contributed by atoms with Gasteiger partial charge in [0.25, 0.3) is 0 Å². The lowest BCUT2D eigenvalue weighted by molar-refractivity contribution is 0.285. The molecule has 0 saturated heterocycles. The summed E-state index contributed by atoms with van der Waals surface area (Å²) in [6.45, 7) is 2.14. The number of hydrogen-bond donors (Lipinski definition) is 2. The molecule has 1 unspecified atom stereocenters. The van der Waals surface area contributed by atoms with Gasteiger partial charge in [0.2, 0.25) is 0 Å². The minimum atomic E-state index is -0.424. The summed E-state index contributed by atoms with van der Waals surface area (Å²) < 4.78 is 18.3. The number of halogens is 1. The fourth-order valence-electron chi connectivity index (χ4n) is 2.15. The van der Waals surface area contributed by atoms with Gasteiger partial charge in [0, 0.05) is 18.2 Å². The van der Waals surface area contributed by atoms with Crippen molar-refractivity contribution in [1.29, 1.82) is 0 Å². The van der Waals surface area contributed by atoms with Crippen molar-refractivity contribution in [3.8, 4) is 5.75 Å². The number of benzene rings is 1. The van der Waals surface area contributed by atoms with E-state index in [0.29, 0.717) is 17.6 Å². The molecular formula is C13H19FN2O. The standard InChI is InChI=1S/C13H19FN2O/c1-8(9-4-3-5-9)16-12-7-13(17-2)10(14)6-11(12)15/h6-9,16H,3-5,15H2,1-2H3. The number of nitrogens with two attached hydrogens (primary N) is 1. The smallest absolute Gasteiger partial charge is 0.167 e. The molecule has 0 bridgehead atoms. The van der Waals surface area contributed by atoms with Crippen molar-refractivity contribution in [1.82, 2.24) is 0 Å². The van der Waals surface area contributed by atoms with E-state index in [1.54, 1.807) is 6.07 Å². The molecule has 1 atom stereocenters. The van der Waals surface area contributed by atoms with Crippen LogP contribution in [0.5, 0.6) is 5.75 Å². The molecule has 0 aliphatic heterocycles. The van der Waals surface area contributed by atoms with Crippen LogP contribution in [0, 0.1) is 11.7 Å². The van der Waals surface area contributed by atoms with E-state index < -0.39 is 5.82 Å². The number of nitrogen functional groups attached to an aromatic ring is 1. The number of methoxy groups -OCH3 is 1. The van der Waals surface area contributed by atoms with Crippen LogP contribution in [0.4, 0.5) is 15.8 Å². The molecule has 4 heteroatoms. The summed E-state index contributed by atoms with van der Waals surface area (Å²) in [4.78, 5) is 0. The maximum Gasteiger partial charge on any atom is 0.167 e. The maximum atomic E-state index is 13.4. The number of anilines is 2. The molecule has 1 aliphatic carbocycles. The van der Waals surface area contributed by atoms with E-state index in [1.807, 2.05) is 0 Å². The summed E-state index contributed by atoms with van der Waals surface area (Å²) in [7, 11) is 1.45. The lowest BCUT2D eigenvalue weighted by Gasteiger charge is -2.32. The Kier molecular flexibility index (Phi) is 3.41. The van der Waals surface area contributed by atoms with E-state index in [0.717, 1.165) is 5.69 Å². The molecule has 0 aromatic heterocycles. The zero-order valence-electron chi connectivity index (χ0n) is 10.3. The van der Waals surface area contributed by atoms with Gasteiger partial charge in [0.05, 0.1) is 18.5 Å². The zero-order chi connectivity index (χ0) is 12.4. The molecule has 3 nitrogen and oxygen atoms in total. The second-order valence-electron chi connectivity index (χ2n) is 4.70. The van der Waals surface area contributed by atoms with Crippen LogP contribution in [0.25, 0.3) is 0 Å². The van der Waals surface area contributed by atoms with Gasteiger partial charge in [0.15, 0.2) is 11.6 Å². The van der Waals surface area contributed by atoms with Gasteiger partial charge < -0.3 is 15.8 Å². The zero-order valence-corrected chi connectivity index (χ0v) is 10.3. The average Bonchev–Trinajstić information content (AvgIpc) is 2.19. The van der Waals surface area contributed by atoms with Crippen molar-refractivity contribution < 1.29 is 9.13 Å². The maximum absolute atomic E-state index is 13.4. The summed E-state index contributed by atoms with van der Waals surface area (Å²) in [5.41, 5.74) is 6.97. The Bertz CT molecular complexity index is 405. The molecule has 1 aliphatic rings. The molecule has 1 saturated carbocycles. The molecule has 17 heavy (non-hydrogen) atoms. The average molecular weight is 238 g/mol. The topological polar surface area (TPSA) is 47.3 Å². The van der Waals surface area contributed by atoms with Crippen molar-refractivity contribution in [2.24, 2.45) is 5.92 Å². The van der Waals surface area contributed by atoms with E-state index in [4.69, 9.17) is 10.5 Å². The first-order valence-electron chi connectivity index (χ1n) is 6.01. The van der Waals surface area contributed by atoms with Crippen LogP contribution in [-0.2, 0) is 0 Å². The van der Waals surface area contributed by atoms with E-state index in [-0.39, 0.29) is 5.75 Å². The number of rotatable bonds is 4. The van der Waals surface area contributed by atoms with Gasteiger partial charge in [-0.15, -0.1) is 0 Å². The summed E-state index contributed by atoms with van der Waals surface area (Å²) in [5, 5.41) is 3.34. The molecule has 3 N–H and O–H groups in total. The van der Waals surface area contributed by atoms with E-state index >= 15 is 0 Å². The second kappa shape index (κ2) is 4.82. The third-order valence-electron chi connectivity index (χ3n) is 3.56. The summed E-state index contributed by atoms with van der Waals surface area (Å²) in [5.74, 6) is 0.500. The van der Waals surface area contributed by atoms with Crippen LogP contribution in [0.15, 0.2) is 12.1 Å². The quantitative estimate of drug-likeness (QED) is 0.793. The van der Waals surface area contributed by atoms with E-state index in [2.05, 4.69) is 12.2 Å². The number of nitrogens with one attached hydrogen (secondary N) is 1. The SMILES string of the molecule is COc1cc(NC(C)C2CCC2)c(N)cc1F. The predicted octanol–water partition coefficient (Wildman–Crippen LogP) is 3.02. The highest BCUT2D eigenvalue weighted by Gasteiger charge is 2.24. The van der Waals surface area contributed by atoms with Gasteiger partial charge in [-0.3, -0.25) is 0 Å². The van der Waals surface area contributed by atoms with Crippen molar-refractivity contribution in [2.75, 3.05) is 18.2 Å². The largest absolute Gasteiger partial charge is 0.494 e. The van der Waals surface area contributed by atoms with Crippen LogP contribution in [-0.4, -0.2) is 13.2 Å². The molecular weight excluding hydrogens is 219 g/mol. The third kappa shape index (κ3) is 2.46. The minimum absolute atomic E-state index is 0.225. The first-order chi connectivity index (χ1) is 8.11. The monoisotopic (exact) mass is 238 g/mol. The lowest BCUT2D eigenvalue weighted by Crippen LogP contribution is -2.31. The van der Waals surface area contributed by atoms with Gasteiger partial charge in [0.1, 0.15) is 0 Å². The Balaban J connectivity index is 2.13. The van der Waals surface area contributed by atoms with Crippen LogP contribution in [0.2, 0.25) is 0 Å². The van der Waals surface area contributed by atoms with Gasteiger partial charge in [-0.1, -0.05) is 6.42 Å². The van der Waals surface area contributed by atoms with Crippen LogP contribution in [0.3, 0.4) is 0 Å². The highest BCUT2D eigenvalue weighted by Crippen LogP contribution is 2.34. The highest BCUT2D eigenvalue weighted by atomic mass is 19.1. The predicted molar refractivity (Wildman–Crippen MR) is 67.8 cm³/mol. The van der Waals surface area contributed by atoms with Gasteiger partial charge in [-0.25, -0.2) is 4.39 Å². The van der Waals surface area contributed by atoms with Crippen LogP contribution < -0.4 is 15.8 Å². The lowest BCUT2D eigenvalue weighted by atomic mass is 9.80. The Morgan fingerprint density at radius 3 is 2.71 bits per heavy atom. The summed E-state index contributed by atoms with van der Waals surface area (Å²) >= 11 is 0. The van der Waals surface area contributed by atoms with E-state index in [9.17, 15) is 4.39 Å². The van der Waals surface area contributed by atoms with Crippen molar-refractivity contribution >= 4 is 11.4 Å². The highest BCUT2D eigenvalue weighted by molar-refractivity contribution is 5.69. The molecule has 1 fully saturated rings. The molecule has 2 rings (SSSR count). The van der Waals surface area contributed by atoms with Gasteiger partial charge in [-0.05, 0) is 25.7 Å². The Morgan fingerprint density at radius 2 is 2.18 bits per heavy atom. The second-order valence-corrected chi connectivity index (χ2v) is 4.70. The van der Waals surface area contributed by atoms with Crippen molar-refractivity contribution in [3.05, 3.63) is 17.9 Å². The Labute approximate surface area is 101 Å². The molecule has 0 radical (unpaired) electrons. The van der Waals surface area contributed by atoms with Crippen LogP contribution >= 0.6 is 0 Å². The Hall–Kier alpha value is -1.45. The van der Waals surface area contributed by atoms with Crippen LogP contribution in [0.1, 0.15) is 26.2 Å². The number of ether oxygens (including phenoxy) is 1. The van der Waals surface area contributed by atoms with E-state index in [1.165, 1.54) is 32.4 Å². The van der Waals surface area contributed by atoms with Crippen molar-refractivity contribution in [3.63, 3.8) is 0 Å². The summed E-state index contributed by atoms with van der Waals surface area (Å²) in [6, 6.07) is 3.29.